The first-order chi connectivity index (χ1) is 19.9. The van der Waals surface area contributed by atoms with Gasteiger partial charge in [-0.15, -0.1) is 12.4 Å². The molecule has 4 nitrogen and oxygen atoms in total. The van der Waals surface area contributed by atoms with Crippen molar-refractivity contribution >= 4 is 18.3 Å². The van der Waals surface area contributed by atoms with E-state index in [0.717, 1.165) is 76.4 Å². The first-order valence-corrected chi connectivity index (χ1v) is 15.5. The van der Waals surface area contributed by atoms with Gasteiger partial charge in [-0.1, -0.05) is 74.4 Å². The van der Waals surface area contributed by atoms with E-state index in [1.807, 2.05) is 12.1 Å². The number of carbonyl (C=O) groups excluding carboxylic acids is 1. The van der Waals surface area contributed by atoms with Crippen molar-refractivity contribution in [1.82, 2.24) is 10.2 Å². The van der Waals surface area contributed by atoms with Crippen molar-refractivity contribution in [2.24, 2.45) is 5.92 Å². The predicted molar refractivity (Wildman–Crippen MR) is 169 cm³/mol. The second-order valence-electron chi connectivity index (χ2n) is 13.0. The third-order valence-corrected chi connectivity index (χ3v) is 10.5. The van der Waals surface area contributed by atoms with Crippen LogP contribution in [0.25, 0.3) is 0 Å². The van der Waals surface area contributed by atoms with Gasteiger partial charge in [-0.2, -0.15) is 0 Å². The first kappa shape index (κ1) is 30.6. The summed E-state index contributed by atoms with van der Waals surface area (Å²) in [6.07, 6.45) is 8.66. The lowest BCUT2D eigenvalue weighted by molar-refractivity contribution is -0.128. The standard InChI is InChI=1S/C36H43FN2O2.ClH/c1-26-25-39(20-8-11-27-9-3-2-4-10-27)32-22-31(23-36(26,24-32)29-12-7-13-33(40)21-29)38-34(41)35(18-5-6-19-35)28-14-16-30(37)17-15-28;/h2-4,7,9-10,12-17,21,26,31-32,40H,5-6,8,11,18-20,22-25H2,1H3,(H,38,41);1H/t26-,31+,32+,36+;/m0./s1. The average Bonchev–Trinajstić information content (AvgIpc) is 3.48. The van der Waals surface area contributed by atoms with E-state index in [4.69, 9.17) is 0 Å². The van der Waals surface area contributed by atoms with E-state index in [0.29, 0.717) is 17.7 Å². The maximum Gasteiger partial charge on any atom is 0.230 e. The number of carbonyl (C=O) groups is 1. The van der Waals surface area contributed by atoms with Gasteiger partial charge in [0.25, 0.3) is 0 Å². The highest BCUT2D eigenvalue weighted by atomic mass is 35.5. The van der Waals surface area contributed by atoms with E-state index in [1.165, 1.54) is 23.3 Å². The van der Waals surface area contributed by atoms with Gasteiger partial charge in [-0.05, 0) is 98.4 Å². The van der Waals surface area contributed by atoms with Crippen LogP contribution >= 0.6 is 12.4 Å². The molecule has 1 heterocycles. The van der Waals surface area contributed by atoms with Gasteiger partial charge in [0, 0.05) is 24.0 Å². The topological polar surface area (TPSA) is 52.6 Å². The minimum Gasteiger partial charge on any atom is -0.508 e. The molecule has 3 aromatic rings. The van der Waals surface area contributed by atoms with Gasteiger partial charge in [0.2, 0.25) is 5.91 Å². The van der Waals surface area contributed by atoms with Crippen LogP contribution in [0.2, 0.25) is 0 Å². The molecule has 1 aliphatic heterocycles. The van der Waals surface area contributed by atoms with Gasteiger partial charge in [0.1, 0.15) is 11.6 Å². The van der Waals surface area contributed by atoms with Crippen molar-refractivity contribution in [3.8, 4) is 5.75 Å². The van der Waals surface area contributed by atoms with Crippen LogP contribution in [0.1, 0.15) is 75.0 Å². The lowest BCUT2D eigenvalue weighted by Gasteiger charge is -2.57. The van der Waals surface area contributed by atoms with Crippen molar-refractivity contribution < 1.29 is 14.3 Å². The third-order valence-electron chi connectivity index (χ3n) is 10.5. The van der Waals surface area contributed by atoms with Crippen molar-refractivity contribution in [2.75, 3.05) is 13.1 Å². The van der Waals surface area contributed by atoms with Gasteiger partial charge in [-0.3, -0.25) is 9.69 Å². The molecule has 3 aliphatic rings. The number of hydrogen-bond acceptors (Lipinski definition) is 3. The number of phenolic OH excluding ortho intramolecular Hbond substituents is 1. The predicted octanol–water partition coefficient (Wildman–Crippen LogP) is 7.32. The van der Waals surface area contributed by atoms with Crippen LogP contribution in [-0.2, 0) is 22.0 Å². The van der Waals surface area contributed by atoms with Crippen LogP contribution in [-0.4, -0.2) is 41.1 Å². The molecule has 42 heavy (non-hydrogen) atoms. The zero-order valence-electron chi connectivity index (χ0n) is 24.6. The number of fused-ring (bicyclic) bond motifs is 2. The number of nitrogens with one attached hydrogen (secondary N) is 1. The Hall–Kier alpha value is -2.89. The molecule has 6 heteroatoms. The Kier molecular flexibility index (Phi) is 9.29. The maximum absolute atomic E-state index is 14.2. The van der Waals surface area contributed by atoms with Crippen molar-refractivity contribution in [1.29, 1.82) is 0 Å². The van der Waals surface area contributed by atoms with Gasteiger partial charge >= 0.3 is 0 Å². The summed E-state index contributed by atoms with van der Waals surface area (Å²) in [4.78, 5) is 16.8. The molecule has 2 aliphatic carbocycles. The first-order valence-electron chi connectivity index (χ1n) is 15.5. The number of aryl methyl sites for hydroxylation is 1. The number of likely N-dealkylation sites (tertiary alicyclic amines) is 1. The zero-order chi connectivity index (χ0) is 28.5. The second kappa shape index (κ2) is 12.8. The molecule has 6 rings (SSSR count). The fourth-order valence-corrected chi connectivity index (χ4v) is 8.36. The molecule has 0 unspecified atom stereocenters. The molecule has 3 fully saturated rings. The Morgan fingerprint density at radius 3 is 2.43 bits per heavy atom. The monoisotopic (exact) mass is 590 g/mol. The molecule has 224 valence electrons. The zero-order valence-corrected chi connectivity index (χ0v) is 25.4. The van der Waals surface area contributed by atoms with Gasteiger partial charge in [0.15, 0.2) is 0 Å². The largest absolute Gasteiger partial charge is 0.508 e. The molecule has 3 aromatic carbocycles. The lowest BCUT2D eigenvalue weighted by Crippen LogP contribution is -2.62. The number of hydrogen-bond donors (Lipinski definition) is 2. The van der Waals surface area contributed by atoms with E-state index in [9.17, 15) is 14.3 Å². The molecular weight excluding hydrogens is 547 g/mol. The Bertz CT molecular complexity index is 1340. The number of benzene rings is 3. The highest BCUT2D eigenvalue weighted by molar-refractivity contribution is 5.89. The Morgan fingerprint density at radius 1 is 0.976 bits per heavy atom. The van der Waals surface area contributed by atoms with Crippen molar-refractivity contribution in [3.63, 3.8) is 0 Å². The Balaban J connectivity index is 0.00000353. The van der Waals surface area contributed by atoms with Crippen molar-refractivity contribution in [2.45, 2.75) is 87.6 Å². The molecular formula is C36H44ClFN2O2. The Morgan fingerprint density at radius 2 is 1.71 bits per heavy atom. The van der Waals surface area contributed by atoms with Crippen LogP contribution < -0.4 is 5.32 Å². The third kappa shape index (κ3) is 5.96. The minimum absolute atomic E-state index is 0. The Labute approximate surface area is 256 Å². The number of aromatic hydroxyl groups is 1. The van der Waals surface area contributed by atoms with Crippen LogP contribution in [0.4, 0.5) is 4.39 Å². The summed E-state index contributed by atoms with van der Waals surface area (Å²) < 4.78 is 13.8. The molecule has 0 spiro atoms. The van der Waals surface area contributed by atoms with E-state index in [-0.39, 0.29) is 35.6 Å². The van der Waals surface area contributed by atoms with Crippen LogP contribution in [0.3, 0.4) is 0 Å². The maximum atomic E-state index is 14.2. The number of nitrogens with zero attached hydrogens (tertiary/aromatic N) is 1. The van der Waals surface area contributed by atoms with Crippen LogP contribution in [0.15, 0.2) is 78.9 Å². The number of rotatable bonds is 8. The minimum atomic E-state index is -0.584. The molecule has 4 atom stereocenters. The molecule has 0 aromatic heterocycles. The average molecular weight is 591 g/mol. The summed E-state index contributed by atoms with van der Waals surface area (Å²) in [5.74, 6) is 0.519. The van der Waals surface area contributed by atoms with Gasteiger partial charge in [0.05, 0.1) is 5.41 Å². The van der Waals surface area contributed by atoms with Gasteiger partial charge < -0.3 is 10.4 Å². The fraction of sp³-hybridized carbons (Fsp3) is 0.472. The van der Waals surface area contributed by atoms with E-state index in [1.54, 1.807) is 18.2 Å². The molecule has 1 saturated heterocycles. The number of phenols is 1. The SMILES string of the molecule is C[C@H]1CN(CCCc2ccccc2)[C@@H]2C[C@@H](NC(=O)C3(c4ccc(F)cc4)CCCC3)C[C@@]1(c1cccc(O)c1)C2.Cl. The lowest BCUT2D eigenvalue weighted by atomic mass is 9.57. The molecule has 0 radical (unpaired) electrons. The molecule has 2 N–H and O–H groups in total. The van der Waals surface area contributed by atoms with Crippen LogP contribution in [0, 0.1) is 11.7 Å². The summed E-state index contributed by atoms with van der Waals surface area (Å²) in [5.41, 5.74) is 2.81. The van der Waals surface area contributed by atoms with Gasteiger partial charge in [-0.25, -0.2) is 4.39 Å². The summed E-state index contributed by atoms with van der Waals surface area (Å²) in [7, 11) is 0. The highest BCUT2D eigenvalue weighted by Crippen LogP contribution is 2.51. The number of piperidine rings is 1. The smallest absolute Gasteiger partial charge is 0.230 e. The number of halogens is 2. The van der Waals surface area contributed by atoms with E-state index >= 15 is 0 Å². The number of amides is 1. The van der Waals surface area contributed by atoms with Crippen LogP contribution in [0.5, 0.6) is 5.75 Å². The molecule has 2 saturated carbocycles. The highest BCUT2D eigenvalue weighted by Gasteiger charge is 2.52. The van der Waals surface area contributed by atoms with E-state index in [2.05, 4.69) is 53.5 Å². The summed E-state index contributed by atoms with van der Waals surface area (Å²) in [5, 5.41) is 14.0. The fourth-order valence-electron chi connectivity index (χ4n) is 8.36. The normalized spacial score (nSPS) is 26.8. The van der Waals surface area contributed by atoms with Crippen molar-refractivity contribution in [3.05, 3.63) is 101 Å². The summed E-state index contributed by atoms with van der Waals surface area (Å²) >= 11 is 0. The molecule has 1 amide bonds. The summed E-state index contributed by atoms with van der Waals surface area (Å²) in [6, 6.07) is 25.5. The van der Waals surface area contributed by atoms with E-state index < -0.39 is 5.41 Å². The summed E-state index contributed by atoms with van der Waals surface area (Å²) in [6.45, 7) is 4.42. The second-order valence-corrected chi connectivity index (χ2v) is 13.0. The molecule has 2 bridgehead atoms. The quantitative estimate of drug-likeness (QED) is 0.289.